The van der Waals surface area contributed by atoms with E-state index in [1.54, 1.807) is 0 Å². The van der Waals surface area contributed by atoms with Gasteiger partial charge in [0.1, 0.15) is 0 Å². The molecule has 1 aromatic heterocycles. The number of nitrogens with one attached hydrogen (secondary N) is 1. The first-order valence-corrected chi connectivity index (χ1v) is 5.64. The van der Waals surface area contributed by atoms with Gasteiger partial charge in [-0.3, -0.25) is 4.68 Å². The first-order valence-electron chi connectivity index (χ1n) is 5.64. The van der Waals surface area contributed by atoms with Crippen LogP contribution >= 0.6 is 0 Å². The van der Waals surface area contributed by atoms with E-state index >= 15 is 0 Å². The maximum atomic E-state index is 5.55. The molecule has 0 radical (unpaired) electrons. The molecule has 4 nitrogen and oxygen atoms in total. The quantitative estimate of drug-likeness (QED) is 0.738. The zero-order chi connectivity index (χ0) is 10.5. The number of rotatable bonds is 5. The van der Waals surface area contributed by atoms with Gasteiger partial charge in [0.15, 0.2) is 0 Å². The summed E-state index contributed by atoms with van der Waals surface area (Å²) in [5.74, 6) is 0. The van der Waals surface area contributed by atoms with Crippen LogP contribution in [-0.4, -0.2) is 29.0 Å². The Balaban J connectivity index is 1.58. The second kappa shape index (κ2) is 5.28. The SMILES string of the molecule is Cn1cc(CNCCC2CCCO2)cn1. The van der Waals surface area contributed by atoms with Crippen molar-refractivity contribution in [3.8, 4) is 0 Å². The van der Waals surface area contributed by atoms with Gasteiger partial charge >= 0.3 is 0 Å². The van der Waals surface area contributed by atoms with E-state index in [1.165, 1.54) is 18.4 Å². The number of ether oxygens (including phenoxy) is 1. The molecule has 1 N–H and O–H groups in total. The summed E-state index contributed by atoms with van der Waals surface area (Å²) in [7, 11) is 1.94. The van der Waals surface area contributed by atoms with Crippen molar-refractivity contribution in [2.24, 2.45) is 7.05 Å². The summed E-state index contributed by atoms with van der Waals surface area (Å²) in [6.45, 7) is 2.88. The van der Waals surface area contributed by atoms with Crippen molar-refractivity contribution in [3.05, 3.63) is 18.0 Å². The highest BCUT2D eigenvalue weighted by Crippen LogP contribution is 2.14. The zero-order valence-corrected chi connectivity index (χ0v) is 9.28. The van der Waals surface area contributed by atoms with Crippen LogP contribution in [0.3, 0.4) is 0 Å². The van der Waals surface area contributed by atoms with Crippen LogP contribution in [0.4, 0.5) is 0 Å². The lowest BCUT2D eigenvalue weighted by molar-refractivity contribution is 0.104. The van der Waals surface area contributed by atoms with Gasteiger partial charge in [0.25, 0.3) is 0 Å². The molecule has 2 rings (SSSR count). The third-order valence-corrected chi connectivity index (χ3v) is 2.75. The lowest BCUT2D eigenvalue weighted by atomic mass is 10.2. The van der Waals surface area contributed by atoms with Gasteiger partial charge in [-0.1, -0.05) is 0 Å². The normalized spacial score (nSPS) is 21.0. The Morgan fingerprint density at radius 1 is 1.67 bits per heavy atom. The molecule has 0 bridgehead atoms. The van der Waals surface area contributed by atoms with Gasteiger partial charge in [-0.15, -0.1) is 0 Å². The summed E-state index contributed by atoms with van der Waals surface area (Å²) in [6, 6.07) is 0. The van der Waals surface area contributed by atoms with Crippen LogP contribution in [-0.2, 0) is 18.3 Å². The summed E-state index contributed by atoms with van der Waals surface area (Å²) in [6.07, 6.45) is 8.02. The third kappa shape index (κ3) is 3.32. The monoisotopic (exact) mass is 209 g/mol. The van der Waals surface area contributed by atoms with E-state index in [4.69, 9.17) is 4.74 Å². The van der Waals surface area contributed by atoms with Gasteiger partial charge in [0.2, 0.25) is 0 Å². The molecular formula is C11H19N3O. The van der Waals surface area contributed by atoms with Crippen molar-refractivity contribution in [1.29, 1.82) is 0 Å². The summed E-state index contributed by atoms with van der Waals surface area (Å²) in [4.78, 5) is 0. The van der Waals surface area contributed by atoms with E-state index in [1.807, 2.05) is 24.1 Å². The first-order chi connectivity index (χ1) is 7.34. The van der Waals surface area contributed by atoms with Gasteiger partial charge in [-0.05, 0) is 25.8 Å². The Morgan fingerprint density at radius 3 is 3.27 bits per heavy atom. The second-order valence-corrected chi connectivity index (χ2v) is 4.12. The molecular weight excluding hydrogens is 190 g/mol. The molecule has 1 saturated heterocycles. The molecule has 0 aliphatic carbocycles. The molecule has 1 aliphatic rings. The van der Waals surface area contributed by atoms with Crippen LogP contribution in [0, 0.1) is 0 Å². The minimum atomic E-state index is 0.492. The summed E-state index contributed by atoms with van der Waals surface area (Å²) >= 11 is 0. The van der Waals surface area contributed by atoms with Crippen LogP contribution < -0.4 is 5.32 Å². The topological polar surface area (TPSA) is 39.1 Å². The van der Waals surface area contributed by atoms with Crippen LogP contribution in [0.5, 0.6) is 0 Å². The van der Waals surface area contributed by atoms with Crippen LogP contribution in [0.2, 0.25) is 0 Å². The van der Waals surface area contributed by atoms with Gasteiger partial charge in [0, 0.05) is 32.0 Å². The summed E-state index contributed by atoms with van der Waals surface area (Å²) in [5, 5.41) is 7.53. The van der Waals surface area contributed by atoms with E-state index in [9.17, 15) is 0 Å². The van der Waals surface area contributed by atoms with Crippen molar-refractivity contribution < 1.29 is 4.74 Å². The number of hydrogen-bond donors (Lipinski definition) is 1. The third-order valence-electron chi connectivity index (χ3n) is 2.75. The van der Waals surface area contributed by atoms with Crippen molar-refractivity contribution in [2.45, 2.75) is 31.9 Å². The van der Waals surface area contributed by atoms with Gasteiger partial charge < -0.3 is 10.1 Å². The molecule has 2 heterocycles. The molecule has 4 heteroatoms. The Labute approximate surface area is 90.6 Å². The fourth-order valence-electron chi connectivity index (χ4n) is 1.93. The van der Waals surface area contributed by atoms with Crippen LogP contribution in [0.1, 0.15) is 24.8 Å². The van der Waals surface area contributed by atoms with Gasteiger partial charge in [-0.25, -0.2) is 0 Å². The standard InChI is InChI=1S/C11H19N3O/c1-14-9-10(8-13-14)7-12-5-4-11-3-2-6-15-11/h8-9,11-12H,2-7H2,1H3. The van der Waals surface area contributed by atoms with Gasteiger partial charge in [-0.2, -0.15) is 5.10 Å². The molecule has 1 aromatic rings. The zero-order valence-electron chi connectivity index (χ0n) is 9.28. The summed E-state index contributed by atoms with van der Waals surface area (Å²) < 4.78 is 7.38. The van der Waals surface area contributed by atoms with E-state index < -0.39 is 0 Å². The minimum absolute atomic E-state index is 0.492. The van der Waals surface area contributed by atoms with Crippen LogP contribution in [0.15, 0.2) is 12.4 Å². The van der Waals surface area contributed by atoms with Crippen LogP contribution in [0.25, 0.3) is 0 Å². The minimum Gasteiger partial charge on any atom is -0.378 e. The Kier molecular flexibility index (Phi) is 3.75. The highest BCUT2D eigenvalue weighted by molar-refractivity contribution is 5.02. The molecule has 1 atom stereocenters. The average molecular weight is 209 g/mol. The maximum Gasteiger partial charge on any atom is 0.0588 e. The van der Waals surface area contributed by atoms with Crippen molar-refractivity contribution >= 4 is 0 Å². The largest absolute Gasteiger partial charge is 0.378 e. The smallest absolute Gasteiger partial charge is 0.0588 e. The predicted molar refractivity (Wildman–Crippen MR) is 58.5 cm³/mol. The molecule has 15 heavy (non-hydrogen) atoms. The molecule has 0 aromatic carbocycles. The molecule has 0 amide bonds. The fourth-order valence-corrected chi connectivity index (χ4v) is 1.93. The van der Waals surface area contributed by atoms with Gasteiger partial charge in [0.05, 0.1) is 12.3 Å². The molecule has 1 fully saturated rings. The molecule has 1 aliphatic heterocycles. The van der Waals surface area contributed by atoms with Crippen molar-refractivity contribution in [1.82, 2.24) is 15.1 Å². The lowest BCUT2D eigenvalue weighted by Crippen LogP contribution is -2.19. The van der Waals surface area contributed by atoms with E-state index in [0.717, 1.165) is 26.1 Å². The number of nitrogens with zero attached hydrogens (tertiary/aromatic N) is 2. The fraction of sp³-hybridized carbons (Fsp3) is 0.727. The van der Waals surface area contributed by atoms with E-state index in [-0.39, 0.29) is 0 Å². The van der Waals surface area contributed by atoms with E-state index in [0.29, 0.717) is 6.10 Å². The average Bonchev–Trinajstić information content (AvgIpc) is 2.84. The number of aryl methyl sites for hydroxylation is 1. The van der Waals surface area contributed by atoms with Crippen molar-refractivity contribution in [3.63, 3.8) is 0 Å². The Morgan fingerprint density at radius 2 is 2.60 bits per heavy atom. The maximum absolute atomic E-state index is 5.55. The lowest BCUT2D eigenvalue weighted by Gasteiger charge is -2.09. The highest BCUT2D eigenvalue weighted by atomic mass is 16.5. The second-order valence-electron chi connectivity index (χ2n) is 4.12. The number of aromatic nitrogens is 2. The first kappa shape index (κ1) is 10.6. The molecule has 1 unspecified atom stereocenters. The Bertz CT molecular complexity index is 292. The molecule has 0 spiro atoms. The number of hydrogen-bond acceptors (Lipinski definition) is 3. The molecule has 84 valence electrons. The molecule has 0 saturated carbocycles. The predicted octanol–water partition coefficient (Wildman–Crippen LogP) is 1.08. The highest BCUT2D eigenvalue weighted by Gasteiger charge is 2.14. The summed E-state index contributed by atoms with van der Waals surface area (Å²) in [5.41, 5.74) is 1.24. The van der Waals surface area contributed by atoms with E-state index in [2.05, 4.69) is 10.4 Å². The van der Waals surface area contributed by atoms with Crippen molar-refractivity contribution in [2.75, 3.05) is 13.2 Å². The Hall–Kier alpha value is -0.870.